The van der Waals surface area contributed by atoms with E-state index in [1.807, 2.05) is 27.7 Å². The highest BCUT2D eigenvalue weighted by Gasteiger charge is 2.30. The van der Waals surface area contributed by atoms with E-state index in [4.69, 9.17) is 11.6 Å². The molecule has 108 valence electrons. The van der Waals surface area contributed by atoms with Gasteiger partial charge >= 0.3 is 5.69 Å². The molecule has 0 aromatic carbocycles. The molecular formula is C13H22ClN3O2. The third-order valence-electron chi connectivity index (χ3n) is 3.13. The zero-order chi connectivity index (χ0) is 14.8. The van der Waals surface area contributed by atoms with E-state index in [1.54, 1.807) is 11.6 Å². The monoisotopic (exact) mass is 287 g/mol. The highest BCUT2D eigenvalue weighted by molar-refractivity contribution is 6.21. The van der Waals surface area contributed by atoms with Gasteiger partial charge in [-0.15, -0.1) is 11.6 Å². The van der Waals surface area contributed by atoms with Gasteiger partial charge in [-0.1, -0.05) is 27.7 Å². The van der Waals surface area contributed by atoms with Crippen molar-refractivity contribution < 1.29 is 4.92 Å². The molecule has 1 aromatic rings. The van der Waals surface area contributed by atoms with Crippen LogP contribution in [0.1, 0.15) is 45.5 Å². The molecule has 5 nitrogen and oxygen atoms in total. The van der Waals surface area contributed by atoms with Crippen LogP contribution in [0.5, 0.6) is 0 Å². The maximum atomic E-state index is 11.2. The van der Waals surface area contributed by atoms with Gasteiger partial charge in [-0.05, 0) is 18.8 Å². The van der Waals surface area contributed by atoms with Crippen LogP contribution in [-0.2, 0) is 13.0 Å². The van der Waals surface area contributed by atoms with E-state index in [0.29, 0.717) is 24.4 Å². The van der Waals surface area contributed by atoms with Crippen LogP contribution in [0.2, 0.25) is 0 Å². The Morgan fingerprint density at radius 1 is 1.47 bits per heavy atom. The maximum absolute atomic E-state index is 11.2. The minimum Gasteiger partial charge on any atom is -0.262 e. The van der Waals surface area contributed by atoms with Crippen LogP contribution in [0.25, 0.3) is 0 Å². The van der Waals surface area contributed by atoms with Gasteiger partial charge in [-0.3, -0.25) is 14.8 Å². The zero-order valence-corrected chi connectivity index (χ0v) is 13.0. The Morgan fingerprint density at radius 3 is 2.47 bits per heavy atom. The molecule has 1 rings (SSSR count). The van der Waals surface area contributed by atoms with E-state index in [2.05, 4.69) is 5.10 Å². The summed E-state index contributed by atoms with van der Waals surface area (Å²) < 4.78 is 1.73. The normalized spacial score (nSPS) is 13.6. The number of hydrogen-bond acceptors (Lipinski definition) is 3. The Kier molecular flexibility index (Phi) is 4.96. The lowest BCUT2D eigenvalue weighted by Gasteiger charge is -2.25. The first-order valence-corrected chi connectivity index (χ1v) is 6.96. The van der Waals surface area contributed by atoms with Crippen molar-refractivity contribution in [1.29, 1.82) is 0 Å². The number of aryl methyl sites for hydroxylation is 2. The molecule has 1 unspecified atom stereocenters. The van der Waals surface area contributed by atoms with E-state index < -0.39 is 0 Å². The molecule has 19 heavy (non-hydrogen) atoms. The van der Waals surface area contributed by atoms with Crippen LogP contribution >= 0.6 is 11.6 Å². The Balaban J connectivity index is 3.18. The molecule has 0 aliphatic heterocycles. The molecule has 0 aliphatic carbocycles. The number of rotatable bonds is 5. The molecule has 1 aromatic heterocycles. The first-order chi connectivity index (χ1) is 8.68. The van der Waals surface area contributed by atoms with Gasteiger partial charge in [0, 0.05) is 18.3 Å². The topological polar surface area (TPSA) is 61.0 Å². The highest BCUT2D eigenvalue weighted by Crippen LogP contribution is 2.32. The standard InChI is InChI=1S/C13H22ClN3O2/c1-6-7-16-10(8-11(14)13(3,4)5)12(17(18)19)9(2)15-16/h11H,6-8H2,1-5H3. The average Bonchev–Trinajstić information content (AvgIpc) is 2.54. The Morgan fingerprint density at radius 2 is 2.05 bits per heavy atom. The van der Waals surface area contributed by atoms with Crippen molar-refractivity contribution in [1.82, 2.24) is 9.78 Å². The van der Waals surface area contributed by atoms with Gasteiger partial charge in [-0.25, -0.2) is 0 Å². The van der Waals surface area contributed by atoms with Crippen LogP contribution in [0.3, 0.4) is 0 Å². The van der Waals surface area contributed by atoms with Crippen molar-refractivity contribution in [2.75, 3.05) is 0 Å². The summed E-state index contributed by atoms with van der Waals surface area (Å²) in [7, 11) is 0. The summed E-state index contributed by atoms with van der Waals surface area (Å²) in [5.41, 5.74) is 1.11. The Bertz CT molecular complexity index is 463. The van der Waals surface area contributed by atoms with Crippen LogP contribution in [0.4, 0.5) is 5.69 Å². The molecule has 0 spiro atoms. The minimum absolute atomic E-state index is 0.107. The van der Waals surface area contributed by atoms with Crippen LogP contribution in [0.15, 0.2) is 0 Å². The molecule has 1 atom stereocenters. The molecule has 0 amide bonds. The first kappa shape index (κ1) is 16.0. The molecule has 0 bridgehead atoms. The summed E-state index contributed by atoms with van der Waals surface area (Å²) in [6.07, 6.45) is 1.34. The highest BCUT2D eigenvalue weighted by atomic mass is 35.5. The van der Waals surface area contributed by atoms with Crippen LogP contribution in [0, 0.1) is 22.5 Å². The third-order valence-corrected chi connectivity index (χ3v) is 3.94. The van der Waals surface area contributed by atoms with Gasteiger partial charge in [0.2, 0.25) is 0 Å². The molecule has 0 saturated heterocycles. The van der Waals surface area contributed by atoms with E-state index in [9.17, 15) is 10.1 Å². The second-order valence-electron chi connectivity index (χ2n) is 5.90. The van der Waals surface area contributed by atoms with E-state index in [-0.39, 0.29) is 21.4 Å². The van der Waals surface area contributed by atoms with Crippen molar-refractivity contribution in [3.63, 3.8) is 0 Å². The summed E-state index contributed by atoms with van der Waals surface area (Å²) in [5, 5.41) is 15.3. The lowest BCUT2D eigenvalue weighted by molar-refractivity contribution is -0.386. The van der Waals surface area contributed by atoms with Crippen molar-refractivity contribution in [3.8, 4) is 0 Å². The summed E-state index contributed by atoms with van der Waals surface area (Å²) >= 11 is 6.39. The van der Waals surface area contributed by atoms with Crippen LogP contribution < -0.4 is 0 Å². The molecule has 0 radical (unpaired) electrons. The smallest absolute Gasteiger partial charge is 0.262 e. The van der Waals surface area contributed by atoms with E-state index in [1.165, 1.54) is 0 Å². The van der Waals surface area contributed by atoms with Gasteiger partial charge in [-0.2, -0.15) is 5.10 Å². The average molecular weight is 288 g/mol. The summed E-state index contributed by atoms with van der Waals surface area (Å²) in [6, 6.07) is 0. The van der Waals surface area contributed by atoms with Gasteiger partial charge < -0.3 is 0 Å². The summed E-state index contributed by atoms with van der Waals surface area (Å²) in [6.45, 7) is 10.5. The molecule has 6 heteroatoms. The Hall–Kier alpha value is -1.10. The summed E-state index contributed by atoms with van der Waals surface area (Å²) in [4.78, 5) is 10.8. The molecule has 0 N–H and O–H groups in total. The number of hydrogen-bond donors (Lipinski definition) is 0. The summed E-state index contributed by atoms with van der Waals surface area (Å²) in [5.74, 6) is 0. The quantitative estimate of drug-likeness (QED) is 0.471. The number of alkyl halides is 1. The molecule has 0 fully saturated rings. The van der Waals surface area contributed by atoms with Gasteiger partial charge in [0.1, 0.15) is 11.4 Å². The van der Waals surface area contributed by atoms with Gasteiger partial charge in [0.05, 0.1) is 4.92 Å². The van der Waals surface area contributed by atoms with Crippen molar-refractivity contribution in [2.45, 2.75) is 59.4 Å². The van der Waals surface area contributed by atoms with Crippen molar-refractivity contribution in [3.05, 3.63) is 21.5 Å². The largest absolute Gasteiger partial charge is 0.313 e. The molecule has 0 saturated carbocycles. The number of halogens is 1. The van der Waals surface area contributed by atoms with E-state index >= 15 is 0 Å². The van der Waals surface area contributed by atoms with E-state index in [0.717, 1.165) is 6.42 Å². The van der Waals surface area contributed by atoms with Crippen molar-refractivity contribution >= 4 is 17.3 Å². The predicted molar refractivity (Wildman–Crippen MR) is 76.7 cm³/mol. The lowest BCUT2D eigenvalue weighted by Crippen LogP contribution is -2.24. The second kappa shape index (κ2) is 5.90. The third kappa shape index (κ3) is 3.69. The number of nitrogens with zero attached hydrogens (tertiary/aromatic N) is 3. The lowest BCUT2D eigenvalue weighted by atomic mass is 9.89. The first-order valence-electron chi connectivity index (χ1n) is 6.53. The van der Waals surface area contributed by atoms with Crippen LogP contribution in [-0.4, -0.2) is 20.1 Å². The maximum Gasteiger partial charge on any atom is 0.313 e. The fraction of sp³-hybridized carbons (Fsp3) is 0.769. The van der Waals surface area contributed by atoms with Crippen molar-refractivity contribution in [2.24, 2.45) is 5.41 Å². The molecule has 1 heterocycles. The zero-order valence-electron chi connectivity index (χ0n) is 12.2. The van der Waals surface area contributed by atoms with Gasteiger partial charge in [0.15, 0.2) is 0 Å². The molecular weight excluding hydrogens is 266 g/mol. The fourth-order valence-electron chi connectivity index (χ4n) is 1.93. The second-order valence-corrected chi connectivity index (χ2v) is 6.43. The Labute approximate surface area is 119 Å². The number of nitro groups is 1. The fourth-order valence-corrected chi connectivity index (χ4v) is 2.08. The van der Waals surface area contributed by atoms with Gasteiger partial charge in [0.25, 0.3) is 0 Å². The predicted octanol–water partition coefficient (Wildman–Crippen LogP) is 3.71. The minimum atomic E-state index is -0.351. The molecule has 0 aliphatic rings. The number of aromatic nitrogens is 2. The SMILES string of the molecule is CCCn1nc(C)c([N+](=O)[O-])c1CC(Cl)C(C)(C)C.